The molecule has 2 aromatic rings. The van der Waals surface area contributed by atoms with Crippen molar-refractivity contribution in [1.29, 1.82) is 0 Å². The fourth-order valence-electron chi connectivity index (χ4n) is 4.98. The molecule has 1 spiro atoms. The van der Waals surface area contributed by atoms with Gasteiger partial charge in [0, 0.05) is 43.9 Å². The average Bonchev–Trinajstić information content (AvgIpc) is 3.16. The Morgan fingerprint density at radius 3 is 2.72 bits per heavy atom. The highest BCUT2D eigenvalue weighted by atomic mass is 35.5. The summed E-state index contributed by atoms with van der Waals surface area (Å²) in [6.45, 7) is 7.13. The molecule has 1 aromatic carbocycles. The van der Waals surface area contributed by atoms with E-state index >= 15 is 0 Å². The molecular weight excluding hydrogens is 388 g/mol. The van der Waals surface area contributed by atoms with Gasteiger partial charge in [0.25, 0.3) is 0 Å². The zero-order valence-electron chi connectivity index (χ0n) is 17.2. The molecule has 0 saturated carbocycles. The third kappa shape index (κ3) is 4.25. The van der Waals surface area contributed by atoms with Gasteiger partial charge in [0.05, 0.1) is 18.9 Å². The Kier molecular flexibility index (Phi) is 6.04. The Labute approximate surface area is 179 Å². The fourth-order valence-corrected chi connectivity index (χ4v) is 4.98. The number of nitrogens with one attached hydrogen (secondary N) is 1. The molecule has 0 radical (unpaired) electrons. The van der Waals surface area contributed by atoms with Crippen LogP contribution in [0.3, 0.4) is 0 Å². The van der Waals surface area contributed by atoms with Gasteiger partial charge in [0.2, 0.25) is 0 Å². The minimum absolute atomic E-state index is 0. The van der Waals surface area contributed by atoms with Crippen LogP contribution in [0.5, 0.6) is 11.5 Å². The molecule has 7 heteroatoms. The number of ether oxygens (including phenoxy) is 2. The lowest BCUT2D eigenvalue weighted by Crippen LogP contribution is -2.38. The first-order valence-electron chi connectivity index (χ1n) is 10.6. The Hall–Kier alpha value is -1.76. The summed E-state index contributed by atoms with van der Waals surface area (Å²) in [5.41, 5.74) is 3.99. The van der Waals surface area contributed by atoms with Gasteiger partial charge in [-0.1, -0.05) is 0 Å². The van der Waals surface area contributed by atoms with E-state index in [1.165, 1.54) is 51.0 Å². The van der Waals surface area contributed by atoms with Gasteiger partial charge in [-0.15, -0.1) is 12.4 Å². The number of benzene rings is 1. The SMILES string of the molecule is Cl.Cn1cc(CN2CCC3(CCNCC3)C2)c(-c2ccc3c(c2)OCCCO3)n1. The summed E-state index contributed by atoms with van der Waals surface area (Å²) in [6.07, 6.45) is 7.04. The molecule has 0 amide bonds. The maximum absolute atomic E-state index is 5.89. The van der Waals surface area contributed by atoms with Crippen LogP contribution in [0.4, 0.5) is 0 Å². The predicted octanol–water partition coefficient (Wildman–Crippen LogP) is 3.25. The van der Waals surface area contributed by atoms with Gasteiger partial charge < -0.3 is 14.8 Å². The van der Waals surface area contributed by atoms with Gasteiger partial charge >= 0.3 is 0 Å². The van der Waals surface area contributed by atoms with Crippen molar-refractivity contribution in [2.45, 2.75) is 32.2 Å². The van der Waals surface area contributed by atoms with Crippen molar-refractivity contribution in [1.82, 2.24) is 20.0 Å². The Morgan fingerprint density at radius 2 is 1.90 bits per heavy atom. The summed E-state index contributed by atoms with van der Waals surface area (Å²) in [5, 5.41) is 8.29. The zero-order valence-corrected chi connectivity index (χ0v) is 18.0. The van der Waals surface area contributed by atoms with Crippen LogP contribution in [-0.4, -0.2) is 54.1 Å². The third-order valence-electron chi connectivity index (χ3n) is 6.50. The number of aryl methyl sites for hydroxylation is 1. The maximum Gasteiger partial charge on any atom is 0.161 e. The smallest absolute Gasteiger partial charge is 0.161 e. The van der Waals surface area contributed by atoms with Crippen molar-refractivity contribution < 1.29 is 9.47 Å². The summed E-state index contributed by atoms with van der Waals surface area (Å²) < 4.78 is 13.6. The van der Waals surface area contributed by atoms with Gasteiger partial charge in [-0.3, -0.25) is 9.58 Å². The molecule has 1 aromatic heterocycles. The second kappa shape index (κ2) is 8.54. The Morgan fingerprint density at radius 1 is 1.10 bits per heavy atom. The first-order valence-corrected chi connectivity index (χ1v) is 10.6. The lowest BCUT2D eigenvalue weighted by Gasteiger charge is -2.33. The van der Waals surface area contributed by atoms with Crippen molar-refractivity contribution in [2.75, 3.05) is 39.4 Å². The van der Waals surface area contributed by atoms with Crippen LogP contribution in [0.1, 0.15) is 31.2 Å². The number of hydrogen-bond acceptors (Lipinski definition) is 5. The first-order chi connectivity index (χ1) is 13.7. The average molecular weight is 419 g/mol. The van der Waals surface area contributed by atoms with Crippen molar-refractivity contribution >= 4 is 12.4 Å². The molecule has 2 fully saturated rings. The van der Waals surface area contributed by atoms with Crippen LogP contribution in [0, 0.1) is 5.41 Å². The van der Waals surface area contributed by atoms with E-state index in [2.05, 4.69) is 28.5 Å². The van der Waals surface area contributed by atoms with E-state index in [1.807, 2.05) is 17.8 Å². The summed E-state index contributed by atoms with van der Waals surface area (Å²) in [4.78, 5) is 2.62. The Balaban J connectivity index is 0.00000205. The van der Waals surface area contributed by atoms with E-state index in [1.54, 1.807) is 0 Å². The van der Waals surface area contributed by atoms with Crippen LogP contribution >= 0.6 is 12.4 Å². The number of hydrogen-bond donors (Lipinski definition) is 1. The van der Waals surface area contributed by atoms with Crippen LogP contribution in [0.2, 0.25) is 0 Å². The number of likely N-dealkylation sites (tertiary alicyclic amines) is 1. The van der Waals surface area contributed by atoms with E-state index in [0.29, 0.717) is 18.6 Å². The molecule has 4 heterocycles. The number of aromatic nitrogens is 2. The van der Waals surface area contributed by atoms with Gasteiger partial charge in [0.15, 0.2) is 11.5 Å². The minimum Gasteiger partial charge on any atom is -0.490 e. The van der Waals surface area contributed by atoms with Crippen LogP contribution < -0.4 is 14.8 Å². The van der Waals surface area contributed by atoms with E-state index in [-0.39, 0.29) is 12.4 Å². The summed E-state index contributed by atoms with van der Waals surface area (Å²) in [7, 11) is 2.01. The monoisotopic (exact) mass is 418 g/mol. The first kappa shape index (κ1) is 20.5. The van der Waals surface area contributed by atoms with Crippen molar-refractivity contribution in [3.63, 3.8) is 0 Å². The highest BCUT2D eigenvalue weighted by Crippen LogP contribution is 2.40. The number of rotatable bonds is 3. The fraction of sp³-hybridized carbons (Fsp3) is 0.591. The van der Waals surface area contributed by atoms with Crippen molar-refractivity contribution in [3.8, 4) is 22.8 Å². The van der Waals surface area contributed by atoms with Gasteiger partial charge in [-0.25, -0.2) is 0 Å². The second-order valence-electron chi connectivity index (χ2n) is 8.60. The number of halogens is 1. The molecule has 0 unspecified atom stereocenters. The lowest BCUT2D eigenvalue weighted by atomic mass is 9.78. The molecule has 2 saturated heterocycles. The zero-order chi connectivity index (χ0) is 19.0. The van der Waals surface area contributed by atoms with Crippen molar-refractivity contribution in [2.24, 2.45) is 12.5 Å². The molecule has 3 aliphatic heterocycles. The Bertz CT molecular complexity index is 847. The molecule has 0 bridgehead atoms. The number of fused-ring (bicyclic) bond motifs is 1. The van der Waals surface area contributed by atoms with Gasteiger partial charge in [-0.05, 0) is 62.5 Å². The van der Waals surface area contributed by atoms with Crippen molar-refractivity contribution in [3.05, 3.63) is 30.0 Å². The molecule has 158 valence electrons. The summed E-state index contributed by atoms with van der Waals surface area (Å²) in [6, 6.07) is 6.22. The standard InChI is InChI=1S/C22H30N4O2.ClH/c1-25-14-18(15-26-10-7-22(16-26)5-8-23-9-6-22)21(24-25)17-3-4-19-20(13-17)28-12-2-11-27-19;/h3-4,13-14,23H,2,5-12,15-16H2,1H3;1H. The summed E-state index contributed by atoms with van der Waals surface area (Å²) >= 11 is 0. The van der Waals surface area contributed by atoms with E-state index in [9.17, 15) is 0 Å². The summed E-state index contributed by atoms with van der Waals surface area (Å²) in [5.74, 6) is 1.67. The molecule has 6 nitrogen and oxygen atoms in total. The molecule has 3 aliphatic rings. The second-order valence-corrected chi connectivity index (χ2v) is 8.60. The van der Waals surface area contributed by atoms with Crippen LogP contribution in [0.25, 0.3) is 11.3 Å². The topological polar surface area (TPSA) is 51.5 Å². The molecule has 29 heavy (non-hydrogen) atoms. The lowest BCUT2D eigenvalue weighted by molar-refractivity contribution is 0.194. The number of nitrogens with zero attached hydrogens (tertiary/aromatic N) is 3. The molecular formula is C22H31ClN4O2. The van der Waals surface area contributed by atoms with E-state index < -0.39 is 0 Å². The minimum atomic E-state index is 0. The molecule has 0 atom stereocenters. The van der Waals surface area contributed by atoms with Crippen LogP contribution in [-0.2, 0) is 13.6 Å². The normalized spacial score (nSPS) is 21.0. The van der Waals surface area contributed by atoms with Gasteiger partial charge in [-0.2, -0.15) is 5.10 Å². The quantitative estimate of drug-likeness (QED) is 0.829. The molecule has 0 aliphatic carbocycles. The maximum atomic E-state index is 5.89. The van der Waals surface area contributed by atoms with Crippen LogP contribution in [0.15, 0.2) is 24.4 Å². The predicted molar refractivity (Wildman–Crippen MR) is 116 cm³/mol. The van der Waals surface area contributed by atoms with E-state index in [4.69, 9.17) is 14.6 Å². The third-order valence-corrected chi connectivity index (χ3v) is 6.50. The highest BCUT2D eigenvalue weighted by Gasteiger charge is 2.38. The van der Waals surface area contributed by atoms with E-state index in [0.717, 1.165) is 35.7 Å². The molecule has 5 rings (SSSR count). The highest BCUT2D eigenvalue weighted by molar-refractivity contribution is 5.85. The molecule has 1 N–H and O–H groups in total. The van der Waals surface area contributed by atoms with Gasteiger partial charge in [0.1, 0.15) is 0 Å². The largest absolute Gasteiger partial charge is 0.490 e. The number of piperidine rings is 1.